The Morgan fingerprint density at radius 3 is 2.66 bits per heavy atom. The SMILES string of the molecule is COc1cccc(CSc2ccc3nc(-c4ccc5c(c4)OCO5)c(OC)n3n2)c1OC. The van der Waals surface area contributed by atoms with E-state index in [-0.39, 0.29) is 6.79 Å². The van der Waals surface area contributed by atoms with Crippen molar-refractivity contribution < 1.29 is 23.7 Å². The van der Waals surface area contributed by atoms with E-state index in [1.54, 1.807) is 37.6 Å². The summed E-state index contributed by atoms with van der Waals surface area (Å²) >= 11 is 1.59. The molecule has 0 saturated heterocycles. The lowest BCUT2D eigenvalue weighted by molar-refractivity contribution is 0.174. The zero-order valence-electron chi connectivity index (χ0n) is 17.8. The van der Waals surface area contributed by atoms with Gasteiger partial charge in [0.25, 0.3) is 0 Å². The lowest BCUT2D eigenvalue weighted by Crippen LogP contribution is -1.98. The zero-order chi connectivity index (χ0) is 22.1. The van der Waals surface area contributed by atoms with Gasteiger partial charge < -0.3 is 23.7 Å². The van der Waals surface area contributed by atoms with Gasteiger partial charge in [-0.25, -0.2) is 4.98 Å². The zero-order valence-corrected chi connectivity index (χ0v) is 18.6. The van der Waals surface area contributed by atoms with Gasteiger partial charge in [-0.05, 0) is 36.4 Å². The van der Waals surface area contributed by atoms with E-state index in [1.807, 2.05) is 48.5 Å². The summed E-state index contributed by atoms with van der Waals surface area (Å²) in [6.07, 6.45) is 0. The van der Waals surface area contributed by atoms with E-state index in [9.17, 15) is 0 Å². The molecule has 0 fully saturated rings. The molecule has 8 nitrogen and oxygen atoms in total. The maximum Gasteiger partial charge on any atom is 0.243 e. The molecular formula is C23H21N3O5S. The van der Waals surface area contributed by atoms with E-state index in [2.05, 4.69) is 0 Å². The second-order valence-corrected chi connectivity index (χ2v) is 7.92. The minimum atomic E-state index is 0.224. The third-order valence-corrected chi connectivity index (χ3v) is 6.08. The maximum atomic E-state index is 5.68. The first-order chi connectivity index (χ1) is 15.7. The lowest BCUT2D eigenvalue weighted by Gasteiger charge is -2.12. The number of imidazole rings is 1. The number of para-hydroxylation sites is 1. The number of nitrogens with zero attached hydrogens (tertiary/aromatic N) is 3. The third kappa shape index (κ3) is 3.54. The Morgan fingerprint density at radius 1 is 0.969 bits per heavy atom. The molecule has 5 rings (SSSR count). The van der Waals surface area contributed by atoms with Gasteiger partial charge in [-0.1, -0.05) is 23.9 Å². The van der Waals surface area contributed by atoms with E-state index in [0.717, 1.165) is 27.7 Å². The smallest absolute Gasteiger partial charge is 0.243 e. The Hall–Kier alpha value is -3.59. The van der Waals surface area contributed by atoms with Gasteiger partial charge in [0, 0.05) is 16.9 Å². The molecule has 0 aliphatic carbocycles. The quantitative estimate of drug-likeness (QED) is 0.382. The van der Waals surface area contributed by atoms with Crippen molar-refractivity contribution in [3.05, 3.63) is 54.1 Å². The maximum absolute atomic E-state index is 5.68. The molecule has 0 atom stereocenters. The topological polar surface area (TPSA) is 76.3 Å². The molecule has 2 aromatic heterocycles. The van der Waals surface area contributed by atoms with Crippen LogP contribution in [0.2, 0.25) is 0 Å². The number of fused-ring (bicyclic) bond motifs is 2. The summed E-state index contributed by atoms with van der Waals surface area (Å²) in [5, 5.41) is 5.57. The summed E-state index contributed by atoms with van der Waals surface area (Å²) < 4.78 is 29.2. The van der Waals surface area contributed by atoms with E-state index in [1.165, 1.54) is 0 Å². The Labute approximate surface area is 189 Å². The van der Waals surface area contributed by atoms with Crippen molar-refractivity contribution in [3.63, 3.8) is 0 Å². The first-order valence-electron chi connectivity index (χ1n) is 9.88. The standard InChI is InChI=1S/C23H21N3O5S/c1-27-17-6-4-5-15(22(17)28-2)12-32-20-10-9-19-24-21(23(29-3)26(19)25-20)14-7-8-16-18(11-14)31-13-30-16/h4-11H,12-13H2,1-3H3. The molecule has 0 saturated carbocycles. The summed E-state index contributed by atoms with van der Waals surface area (Å²) in [7, 11) is 4.89. The molecular weight excluding hydrogens is 430 g/mol. The van der Waals surface area contributed by atoms with Gasteiger partial charge >= 0.3 is 0 Å². The molecule has 3 heterocycles. The van der Waals surface area contributed by atoms with Crippen LogP contribution in [0.25, 0.3) is 16.9 Å². The van der Waals surface area contributed by atoms with Crippen LogP contribution >= 0.6 is 11.8 Å². The van der Waals surface area contributed by atoms with Crippen LogP contribution in [-0.2, 0) is 5.75 Å². The first kappa shape index (κ1) is 20.3. The van der Waals surface area contributed by atoms with Crippen LogP contribution in [0.1, 0.15) is 5.56 Å². The Morgan fingerprint density at radius 2 is 1.84 bits per heavy atom. The van der Waals surface area contributed by atoms with Crippen molar-refractivity contribution in [1.29, 1.82) is 0 Å². The van der Waals surface area contributed by atoms with Crippen LogP contribution in [-0.4, -0.2) is 42.7 Å². The highest BCUT2D eigenvalue weighted by molar-refractivity contribution is 7.98. The fraction of sp³-hybridized carbons (Fsp3) is 0.217. The summed E-state index contributed by atoms with van der Waals surface area (Å²) in [4.78, 5) is 4.72. The second kappa shape index (κ2) is 8.51. The molecule has 9 heteroatoms. The fourth-order valence-electron chi connectivity index (χ4n) is 3.61. The average Bonchev–Trinajstić information content (AvgIpc) is 3.45. The Kier molecular flexibility index (Phi) is 5.40. The summed E-state index contributed by atoms with van der Waals surface area (Å²) in [6.45, 7) is 0.224. The minimum absolute atomic E-state index is 0.224. The van der Waals surface area contributed by atoms with Crippen molar-refractivity contribution >= 4 is 17.4 Å². The van der Waals surface area contributed by atoms with Gasteiger partial charge in [-0.15, -0.1) is 0 Å². The van der Waals surface area contributed by atoms with Crippen LogP contribution < -0.4 is 23.7 Å². The fourth-order valence-corrected chi connectivity index (χ4v) is 4.44. The number of benzene rings is 2. The largest absolute Gasteiger partial charge is 0.493 e. The number of rotatable bonds is 7. The number of thioether (sulfide) groups is 1. The molecule has 2 aromatic carbocycles. The van der Waals surface area contributed by atoms with Gasteiger partial charge in [-0.3, -0.25) is 0 Å². The normalized spacial score (nSPS) is 12.2. The lowest BCUT2D eigenvalue weighted by atomic mass is 10.1. The van der Waals surface area contributed by atoms with Crippen LogP contribution in [0.5, 0.6) is 28.9 Å². The van der Waals surface area contributed by atoms with Gasteiger partial charge in [0.2, 0.25) is 12.7 Å². The molecule has 32 heavy (non-hydrogen) atoms. The van der Waals surface area contributed by atoms with Crippen LogP contribution in [0.15, 0.2) is 53.6 Å². The molecule has 0 spiro atoms. The van der Waals surface area contributed by atoms with Gasteiger partial charge in [0.15, 0.2) is 28.6 Å². The number of hydrogen-bond donors (Lipinski definition) is 0. The molecule has 0 N–H and O–H groups in total. The molecule has 1 aliphatic heterocycles. The van der Waals surface area contributed by atoms with E-state index < -0.39 is 0 Å². The van der Waals surface area contributed by atoms with E-state index >= 15 is 0 Å². The number of aromatic nitrogens is 3. The highest BCUT2D eigenvalue weighted by Crippen LogP contribution is 2.39. The molecule has 164 valence electrons. The van der Waals surface area contributed by atoms with Gasteiger partial charge in [-0.2, -0.15) is 9.61 Å². The number of methoxy groups -OCH3 is 3. The van der Waals surface area contributed by atoms with Crippen molar-refractivity contribution in [2.24, 2.45) is 0 Å². The summed E-state index contributed by atoms with van der Waals surface area (Å²) in [5.41, 5.74) is 3.28. The Bertz CT molecular complexity index is 1290. The number of hydrogen-bond acceptors (Lipinski definition) is 8. The van der Waals surface area contributed by atoms with Crippen molar-refractivity contribution in [2.45, 2.75) is 10.8 Å². The van der Waals surface area contributed by atoms with E-state index in [4.69, 9.17) is 33.8 Å². The predicted octanol–water partition coefficient (Wildman–Crippen LogP) is 4.44. The molecule has 0 bridgehead atoms. The monoisotopic (exact) mass is 451 g/mol. The molecule has 0 radical (unpaired) electrons. The predicted molar refractivity (Wildman–Crippen MR) is 120 cm³/mol. The van der Waals surface area contributed by atoms with Gasteiger partial charge in [0.1, 0.15) is 10.7 Å². The minimum Gasteiger partial charge on any atom is -0.493 e. The highest BCUT2D eigenvalue weighted by atomic mass is 32.2. The molecule has 0 amide bonds. The van der Waals surface area contributed by atoms with Crippen molar-refractivity contribution in [3.8, 4) is 40.1 Å². The summed E-state index contributed by atoms with van der Waals surface area (Å²) in [5.74, 6) is 4.08. The van der Waals surface area contributed by atoms with Crippen LogP contribution in [0.3, 0.4) is 0 Å². The first-order valence-corrected chi connectivity index (χ1v) is 10.9. The van der Waals surface area contributed by atoms with Crippen LogP contribution in [0.4, 0.5) is 0 Å². The van der Waals surface area contributed by atoms with Crippen molar-refractivity contribution in [1.82, 2.24) is 14.6 Å². The highest BCUT2D eigenvalue weighted by Gasteiger charge is 2.20. The van der Waals surface area contributed by atoms with Crippen molar-refractivity contribution in [2.75, 3.05) is 28.1 Å². The second-order valence-electron chi connectivity index (χ2n) is 6.92. The number of ether oxygens (including phenoxy) is 5. The van der Waals surface area contributed by atoms with Gasteiger partial charge in [0.05, 0.1) is 21.3 Å². The molecule has 1 aliphatic rings. The van der Waals surface area contributed by atoms with E-state index in [0.29, 0.717) is 34.5 Å². The third-order valence-electron chi connectivity index (χ3n) is 5.11. The average molecular weight is 452 g/mol. The molecule has 4 aromatic rings. The Balaban J connectivity index is 1.46. The summed E-state index contributed by atoms with van der Waals surface area (Å²) in [6, 6.07) is 15.4. The molecule has 0 unspecified atom stereocenters. The van der Waals surface area contributed by atoms with Crippen LogP contribution in [0, 0.1) is 0 Å².